The smallest absolute Gasteiger partial charge is 0.333 e. The molecule has 1 aromatic carbocycles. The molecule has 0 N–H and O–H groups in total. The lowest BCUT2D eigenvalue weighted by atomic mass is 10.2. The molecule has 84 valence electrons. The van der Waals surface area contributed by atoms with Crippen LogP contribution in [-0.2, 0) is 9.53 Å². The van der Waals surface area contributed by atoms with Gasteiger partial charge in [-0.25, -0.2) is 4.79 Å². The highest BCUT2D eigenvalue weighted by Gasteiger charge is 2.01. The molecule has 0 aromatic heterocycles. The van der Waals surface area contributed by atoms with Gasteiger partial charge in [0, 0.05) is 5.57 Å². The second kappa shape index (κ2) is 6.62. The van der Waals surface area contributed by atoms with Crippen LogP contribution in [0.4, 0.5) is 0 Å². The van der Waals surface area contributed by atoms with Crippen molar-refractivity contribution in [3.8, 4) is 0 Å². The van der Waals surface area contributed by atoms with Crippen LogP contribution >= 0.6 is 0 Å². The molecule has 0 saturated heterocycles. The Morgan fingerprint density at radius 1 is 1.31 bits per heavy atom. The van der Waals surface area contributed by atoms with Gasteiger partial charge in [0.25, 0.3) is 0 Å². The lowest BCUT2D eigenvalue weighted by Gasteiger charge is -1.99. The lowest BCUT2D eigenvalue weighted by Crippen LogP contribution is -2.04. The summed E-state index contributed by atoms with van der Waals surface area (Å²) in [7, 11) is 0. The minimum absolute atomic E-state index is 0.264. The molecular weight excluding hydrogens is 200 g/mol. The van der Waals surface area contributed by atoms with Crippen LogP contribution in [0.5, 0.6) is 0 Å². The molecule has 0 atom stereocenters. The van der Waals surface area contributed by atoms with Gasteiger partial charge in [0.1, 0.15) is 0 Å². The Bertz CT molecular complexity index is 388. The van der Waals surface area contributed by atoms with Crippen LogP contribution in [0.2, 0.25) is 0 Å². The van der Waals surface area contributed by atoms with Gasteiger partial charge in [-0.1, -0.05) is 48.6 Å². The fourth-order valence-corrected chi connectivity index (χ4v) is 1.18. The highest BCUT2D eigenvalue weighted by atomic mass is 16.5. The van der Waals surface area contributed by atoms with Crippen LogP contribution < -0.4 is 0 Å². The number of carbonyl (C=O) groups excluding carboxylic acids is 1. The van der Waals surface area contributed by atoms with E-state index >= 15 is 0 Å². The number of benzene rings is 1. The topological polar surface area (TPSA) is 26.3 Å². The molecule has 0 aliphatic heterocycles. The molecule has 0 radical (unpaired) electrons. The minimum Gasteiger partial charge on any atom is -0.463 e. The van der Waals surface area contributed by atoms with E-state index < -0.39 is 0 Å². The first-order chi connectivity index (χ1) is 7.74. The SMILES string of the molecule is CCOC(=O)C(C)=C/C=C/c1ccccc1. The average Bonchev–Trinajstić information content (AvgIpc) is 2.30. The van der Waals surface area contributed by atoms with Gasteiger partial charge in [0.05, 0.1) is 6.61 Å². The third-order valence-electron chi connectivity index (χ3n) is 2.03. The second-order valence-corrected chi connectivity index (χ2v) is 3.34. The quantitative estimate of drug-likeness (QED) is 0.439. The van der Waals surface area contributed by atoms with Crippen molar-refractivity contribution in [1.82, 2.24) is 0 Å². The number of allylic oxidation sites excluding steroid dienone is 2. The number of hydrogen-bond acceptors (Lipinski definition) is 2. The standard InChI is InChI=1S/C14H16O2/c1-3-16-14(15)12(2)8-7-11-13-9-5-4-6-10-13/h4-11H,3H2,1-2H3/b11-7+,12-8?. The number of esters is 1. The Hall–Kier alpha value is -1.83. The molecular formula is C14H16O2. The maximum absolute atomic E-state index is 11.3. The maximum Gasteiger partial charge on any atom is 0.333 e. The van der Waals surface area contributed by atoms with Gasteiger partial charge in [-0.3, -0.25) is 0 Å². The van der Waals surface area contributed by atoms with Crippen molar-refractivity contribution in [2.45, 2.75) is 13.8 Å². The molecule has 1 rings (SSSR count). The van der Waals surface area contributed by atoms with E-state index in [1.54, 1.807) is 19.9 Å². The number of rotatable bonds is 4. The highest BCUT2D eigenvalue weighted by molar-refractivity contribution is 5.88. The molecule has 0 saturated carbocycles. The summed E-state index contributed by atoms with van der Waals surface area (Å²) in [5.74, 6) is -0.264. The van der Waals surface area contributed by atoms with E-state index in [-0.39, 0.29) is 5.97 Å². The van der Waals surface area contributed by atoms with Crippen molar-refractivity contribution < 1.29 is 9.53 Å². The molecule has 0 bridgehead atoms. The van der Waals surface area contributed by atoms with Gasteiger partial charge in [0.2, 0.25) is 0 Å². The number of ether oxygens (including phenoxy) is 1. The monoisotopic (exact) mass is 216 g/mol. The third kappa shape index (κ3) is 4.13. The number of hydrogen-bond donors (Lipinski definition) is 0. The Kier molecular flexibility index (Phi) is 5.06. The summed E-state index contributed by atoms with van der Waals surface area (Å²) in [5, 5.41) is 0. The summed E-state index contributed by atoms with van der Waals surface area (Å²) in [6, 6.07) is 9.92. The van der Waals surface area contributed by atoms with Crippen molar-refractivity contribution >= 4 is 12.0 Å². The molecule has 1 aromatic rings. The summed E-state index contributed by atoms with van der Waals surface area (Å²) in [6.07, 6.45) is 5.55. The molecule has 0 aliphatic rings. The normalized spacial score (nSPS) is 11.8. The molecule has 0 aliphatic carbocycles. The Balaban J connectivity index is 2.59. The van der Waals surface area contributed by atoms with Crippen molar-refractivity contribution in [2.24, 2.45) is 0 Å². The number of carbonyl (C=O) groups is 1. The zero-order valence-corrected chi connectivity index (χ0v) is 9.64. The maximum atomic E-state index is 11.3. The van der Waals surface area contributed by atoms with Crippen molar-refractivity contribution in [2.75, 3.05) is 6.61 Å². The Morgan fingerprint density at radius 3 is 2.62 bits per heavy atom. The molecule has 2 nitrogen and oxygen atoms in total. The van der Waals surface area contributed by atoms with Crippen molar-refractivity contribution in [1.29, 1.82) is 0 Å². The summed E-state index contributed by atoms with van der Waals surface area (Å²) >= 11 is 0. The summed E-state index contributed by atoms with van der Waals surface area (Å²) in [5.41, 5.74) is 1.71. The molecule has 0 heterocycles. The third-order valence-corrected chi connectivity index (χ3v) is 2.03. The second-order valence-electron chi connectivity index (χ2n) is 3.34. The molecule has 16 heavy (non-hydrogen) atoms. The van der Waals surface area contributed by atoms with E-state index in [2.05, 4.69) is 0 Å². The minimum atomic E-state index is -0.264. The summed E-state index contributed by atoms with van der Waals surface area (Å²) in [6.45, 7) is 3.95. The van der Waals surface area contributed by atoms with E-state index in [0.717, 1.165) is 5.56 Å². The highest BCUT2D eigenvalue weighted by Crippen LogP contribution is 2.03. The van der Waals surface area contributed by atoms with Crippen molar-refractivity contribution in [3.05, 3.63) is 53.6 Å². The molecule has 0 unspecified atom stereocenters. The van der Waals surface area contributed by atoms with Gasteiger partial charge in [-0.05, 0) is 19.4 Å². The van der Waals surface area contributed by atoms with Crippen molar-refractivity contribution in [3.63, 3.8) is 0 Å². The predicted octanol–water partition coefficient (Wildman–Crippen LogP) is 3.21. The van der Waals surface area contributed by atoms with E-state index in [1.807, 2.05) is 42.5 Å². The van der Waals surface area contributed by atoms with Crippen LogP contribution in [0, 0.1) is 0 Å². The fraction of sp³-hybridized carbons (Fsp3) is 0.214. The molecule has 0 fully saturated rings. The fourth-order valence-electron chi connectivity index (χ4n) is 1.18. The van der Waals surface area contributed by atoms with E-state index in [1.165, 1.54) is 0 Å². The molecule has 0 amide bonds. The van der Waals surface area contributed by atoms with Gasteiger partial charge < -0.3 is 4.74 Å². The molecule has 2 heteroatoms. The lowest BCUT2D eigenvalue weighted by molar-refractivity contribution is -0.138. The summed E-state index contributed by atoms with van der Waals surface area (Å²) < 4.78 is 4.87. The zero-order valence-electron chi connectivity index (χ0n) is 9.64. The van der Waals surface area contributed by atoms with Gasteiger partial charge in [-0.15, -0.1) is 0 Å². The van der Waals surface area contributed by atoms with Gasteiger partial charge >= 0.3 is 5.97 Å². The molecule has 0 spiro atoms. The summed E-state index contributed by atoms with van der Waals surface area (Å²) in [4.78, 5) is 11.3. The first-order valence-corrected chi connectivity index (χ1v) is 5.31. The van der Waals surface area contributed by atoms with Crippen LogP contribution in [0.1, 0.15) is 19.4 Å². The average molecular weight is 216 g/mol. The zero-order chi connectivity index (χ0) is 11.8. The largest absolute Gasteiger partial charge is 0.463 e. The van der Waals surface area contributed by atoms with Crippen LogP contribution in [0.15, 0.2) is 48.1 Å². The van der Waals surface area contributed by atoms with Gasteiger partial charge in [-0.2, -0.15) is 0 Å². The first kappa shape index (κ1) is 12.2. The predicted molar refractivity (Wildman–Crippen MR) is 65.9 cm³/mol. The van der Waals surface area contributed by atoms with Crippen LogP contribution in [-0.4, -0.2) is 12.6 Å². The Labute approximate surface area is 96.2 Å². The van der Waals surface area contributed by atoms with Crippen LogP contribution in [0.25, 0.3) is 6.08 Å². The van der Waals surface area contributed by atoms with E-state index in [0.29, 0.717) is 12.2 Å². The first-order valence-electron chi connectivity index (χ1n) is 5.31. The van der Waals surface area contributed by atoms with Gasteiger partial charge in [0.15, 0.2) is 0 Å². The van der Waals surface area contributed by atoms with E-state index in [4.69, 9.17) is 4.74 Å². The van der Waals surface area contributed by atoms with Crippen LogP contribution in [0.3, 0.4) is 0 Å². The van der Waals surface area contributed by atoms with E-state index in [9.17, 15) is 4.79 Å². The Morgan fingerprint density at radius 2 is 2.00 bits per heavy atom.